The molecule has 1 fully saturated rings. The average Bonchev–Trinajstić information content (AvgIpc) is 2.85. The Morgan fingerprint density at radius 1 is 1.03 bits per heavy atom. The van der Waals surface area contributed by atoms with E-state index in [0.29, 0.717) is 29.7 Å². The Morgan fingerprint density at radius 2 is 1.66 bits per heavy atom. The van der Waals surface area contributed by atoms with Crippen LogP contribution in [-0.2, 0) is 10.0 Å². The Hall–Kier alpha value is -3.12. The van der Waals surface area contributed by atoms with Crippen LogP contribution in [0.25, 0.3) is 0 Å². The van der Waals surface area contributed by atoms with Gasteiger partial charge in [-0.1, -0.05) is 0 Å². The lowest BCUT2D eigenvalue weighted by Gasteiger charge is -2.36. The number of hydrogen-bond acceptors (Lipinski definition) is 8. The number of aromatic nitrogens is 2. The average molecular weight is 500 g/mol. The molecule has 0 bridgehead atoms. The molecule has 11 heteroatoms. The third kappa shape index (κ3) is 6.31. The van der Waals surface area contributed by atoms with Crippen LogP contribution in [0.4, 0.5) is 27.5 Å². The van der Waals surface area contributed by atoms with Crippen molar-refractivity contribution in [3.05, 3.63) is 66.6 Å². The fourth-order valence-corrected chi connectivity index (χ4v) is 5.75. The van der Waals surface area contributed by atoms with Crippen molar-refractivity contribution in [3.8, 4) is 0 Å². The lowest BCUT2D eigenvalue weighted by molar-refractivity contribution is 0.184. The second kappa shape index (κ2) is 11.1. The molecule has 4 rings (SSSR count). The molecule has 1 aliphatic rings. The molecule has 3 aromatic rings. The van der Waals surface area contributed by atoms with E-state index >= 15 is 0 Å². The van der Waals surface area contributed by atoms with Crippen molar-refractivity contribution < 1.29 is 12.8 Å². The summed E-state index contributed by atoms with van der Waals surface area (Å²) in [4.78, 5) is 11.1. The van der Waals surface area contributed by atoms with E-state index < -0.39 is 10.0 Å². The molecule has 2 heterocycles. The standard InChI is InChI=1S/C24H30FN7O2S/c1-31-15-11-21(12-16-31)32(17-13-26)35(33,34)22-8-6-20(7-9-22)29-24-27-14-10-23(30-24)28-19-4-2-18(25)3-5-19/h2-10,14,21H,11-13,15-17,26H2,1H3,(H2,27,28,29,30). The normalized spacial score (nSPS) is 15.3. The van der Waals surface area contributed by atoms with Gasteiger partial charge in [0, 0.05) is 36.7 Å². The molecular formula is C24H30FN7O2S. The Labute approximate surface area is 205 Å². The van der Waals surface area contributed by atoms with Gasteiger partial charge in [-0.15, -0.1) is 0 Å². The Kier molecular flexibility index (Phi) is 7.91. The van der Waals surface area contributed by atoms with E-state index in [4.69, 9.17) is 5.73 Å². The van der Waals surface area contributed by atoms with E-state index in [1.54, 1.807) is 53.0 Å². The molecule has 0 saturated carbocycles. The van der Waals surface area contributed by atoms with E-state index in [0.717, 1.165) is 25.9 Å². The van der Waals surface area contributed by atoms with Crippen molar-refractivity contribution in [3.63, 3.8) is 0 Å². The van der Waals surface area contributed by atoms with Crippen LogP contribution in [0.3, 0.4) is 0 Å². The summed E-state index contributed by atoms with van der Waals surface area (Å²) in [5.74, 6) is 0.552. The van der Waals surface area contributed by atoms with Crippen LogP contribution >= 0.6 is 0 Å². The Balaban J connectivity index is 1.46. The fraction of sp³-hybridized carbons (Fsp3) is 0.333. The van der Waals surface area contributed by atoms with Crippen LogP contribution in [0.2, 0.25) is 0 Å². The van der Waals surface area contributed by atoms with Crippen molar-refractivity contribution in [2.75, 3.05) is 43.9 Å². The molecule has 0 unspecified atom stereocenters. The SMILES string of the molecule is CN1CCC(N(CCN)S(=O)(=O)c2ccc(Nc3nccc(Nc4ccc(F)cc4)n3)cc2)CC1. The van der Waals surface area contributed by atoms with Gasteiger partial charge in [0.25, 0.3) is 0 Å². The summed E-state index contributed by atoms with van der Waals surface area (Å²) in [5.41, 5.74) is 7.09. The molecule has 0 spiro atoms. The quantitative estimate of drug-likeness (QED) is 0.411. The molecule has 2 aromatic carbocycles. The first-order valence-electron chi connectivity index (χ1n) is 11.5. The molecule has 0 aliphatic carbocycles. The number of sulfonamides is 1. The highest BCUT2D eigenvalue weighted by atomic mass is 32.2. The van der Waals surface area contributed by atoms with Gasteiger partial charge >= 0.3 is 0 Å². The highest BCUT2D eigenvalue weighted by Gasteiger charge is 2.32. The Bertz CT molecular complexity index is 1220. The van der Waals surface area contributed by atoms with Gasteiger partial charge in [-0.05, 0) is 87.6 Å². The van der Waals surface area contributed by atoms with E-state index in [2.05, 4.69) is 25.5 Å². The molecule has 1 aliphatic heterocycles. The smallest absolute Gasteiger partial charge is 0.243 e. The second-order valence-electron chi connectivity index (χ2n) is 8.49. The summed E-state index contributed by atoms with van der Waals surface area (Å²) in [6.07, 6.45) is 3.16. The number of nitrogens with zero attached hydrogens (tertiary/aromatic N) is 4. The van der Waals surface area contributed by atoms with E-state index in [-0.39, 0.29) is 23.3 Å². The first-order chi connectivity index (χ1) is 16.8. The van der Waals surface area contributed by atoms with Crippen molar-refractivity contribution in [2.45, 2.75) is 23.8 Å². The molecule has 186 valence electrons. The number of hydrogen-bond donors (Lipinski definition) is 3. The molecule has 0 radical (unpaired) electrons. The van der Waals surface area contributed by atoms with Crippen molar-refractivity contribution >= 4 is 33.2 Å². The number of halogens is 1. The van der Waals surface area contributed by atoms with E-state index in [9.17, 15) is 12.8 Å². The van der Waals surface area contributed by atoms with Gasteiger partial charge in [-0.2, -0.15) is 9.29 Å². The molecule has 0 atom stereocenters. The maximum Gasteiger partial charge on any atom is 0.243 e. The second-order valence-corrected chi connectivity index (χ2v) is 10.4. The van der Waals surface area contributed by atoms with Gasteiger partial charge in [-0.3, -0.25) is 0 Å². The summed E-state index contributed by atoms with van der Waals surface area (Å²) in [5, 5.41) is 6.17. The predicted octanol–water partition coefficient (Wildman–Crippen LogP) is 3.15. The van der Waals surface area contributed by atoms with Gasteiger partial charge in [-0.25, -0.2) is 17.8 Å². The number of rotatable bonds is 9. The van der Waals surface area contributed by atoms with Crippen molar-refractivity contribution in [1.29, 1.82) is 0 Å². The van der Waals surface area contributed by atoms with Crippen molar-refractivity contribution in [2.24, 2.45) is 5.73 Å². The number of benzene rings is 2. The maximum absolute atomic E-state index is 13.4. The molecule has 35 heavy (non-hydrogen) atoms. The minimum Gasteiger partial charge on any atom is -0.340 e. The summed E-state index contributed by atoms with van der Waals surface area (Å²) < 4.78 is 41.4. The van der Waals surface area contributed by atoms with Gasteiger partial charge in [0.15, 0.2) is 0 Å². The van der Waals surface area contributed by atoms with E-state index in [1.165, 1.54) is 12.1 Å². The fourth-order valence-electron chi connectivity index (χ4n) is 4.05. The number of nitrogens with one attached hydrogen (secondary N) is 2. The number of anilines is 4. The zero-order chi connectivity index (χ0) is 24.8. The zero-order valence-electron chi connectivity index (χ0n) is 19.6. The molecular weight excluding hydrogens is 469 g/mol. The largest absolute Gasteiger partial charge is 0.340 e. The molecule has 4 N–H and O–H groups in total. The van der Waals surface area contributed by atoms with Crippen LogP contribution < -0.4 is 16.4 Å². The minimum absolute atomic E-state index is 0.0534. The molecule has 1 aromatic heterocycles. The van der Waals surface area contributed by atoms with Gasteiger partial charge in [0.2, 0.25) is 16.0 Å². The maximum atomic E-state index is 13.4. The summed E-state index contributed by atoms with van der Waals surface area (Å²) in [6, 6.07) is 14.1. The zero-order valence-corrected chi connectivity index (χ0v) is 20.4. The number of likely N-dealkylation sites (tertiary alicyclic amines) is 1. The van der Waals surface area contributed by atoms with Crippen molar-refractivity contribution in [1.82, 2.24) is 19.2 Å². The number of nitrogens with two attached hydrogens (primary N) is 1. The Morgan fingerprint density at radius 3 is 2.31 bits per heavy atom. The molecule has 0 amide bonds. The first-order valence-corrected chi connectivity index (χ1v) is 12.9. The number of piperidine rings is 1. The van der Waals surface area contributed by atoms with E-state index in [1.807, 2.05) is 7.05 Å². The monoisotopic (exact) mass is 499 g/mol. The minimum atomic E-state index is -3.68. The van der Waals surface area contributed by atoms with Crippen LogP contribution in [0.1, 0.15) is 12.8 Å². The first kappa shape index (κ1) is 25.0. The lowest BCUT2D eigenvalue weighted by Crippen LogP contribution is -2.48. The van der Waals surface area contributed by atoms with Crippen LogP contribution in [0, 0.1) is 5.82 Å². The van der Waals surface area contributed by atoms with Crippen LogP contribution in [-0.4, -0.2) is 66.9 Å². The highest BCUT2D eigenvalue weighted by molar-refractivity contribution is 7.89. The summed E-state index contributed by atoms with van der Waals surface area (Å²) in [7, 11) is -1.63. The summed E-state index contributed by atoms with van der Waals surface area (Å²) in [6.45, 7) is 2.28. The molecule has 1 saturated heterocycles. The highest BCUT2D eigenvalue weighted by Crippen LogP contribution is 2.25. The van der Waals surface area contributed by atoms with Crippen LogP contribution in [0.15, 0.2) is 65.7 Å². The van der Waals surface area contributed by atoms with Crippen LogP contribution in [0.5, 0.6) is 0 Å². The molecule has 9 nitrogen and oxygen atoms in total. The van der Waals surface area contributed by atoms with Gasteiger partial charge in [0.1, 0.15) is 11.6 Å². The van der Waals surface area contributed by atoms with Gasteiger partial charge < -0.3 is 21.3 Å². The predicted molar refractivity (Wildman–Crippen MR) is 135 cm³/mol. The third-order valence-electron chi connectivity index (χ3n) is 5.93. The third-order valence-corrected chi connectivity index (χ3v) is 7.90. The lowest BCUT2D eigenvalue weighted by atomic mass is 10.1. The summed E-state index contributed by atoms with van der Waals surface area (Å²) >= 11 is 0. The topological polar surface area (TPSA) is 116 Å². The van der Waals surface area contributed by atoms with Gasteiger partial charge in [0.05, 0.1) is 4.90 Å².